The van der Waals surface area contributed by atoms with Gasteiger partial charge in [-0.1, -0.05) is 0 Å². The number of esters is 1. The average molecular weight is 450 g/mol. The van der Waals surface area contributed by atoms with Crippen LogP contribution >= 0.6 is 0 Å². The van der Waals surface area contributed by atoms with E-state index in [4.69, 9.17) is 9.47 Å². The van der Waals surface area contributed by atoms with Crippen LogP contribution in [0.1, 0.15) is 72.1 Å². The zero-order valence-electron chi connectivity index (χ0n) is 19.6. The SMILES string of the molecule is COC(=O)[C@]12CCCN1C(=O)[C@@]1(CCCN1C(=O)[C@@H]1CCCN1C(=O)OC(C)(C)C)CC2. The van der Waals surface area contributed by atoms with E-state index in [1.54, 1.807) is 30.6 Å². The van der Waals surface area contributed by atoms with Gasteiger partial charge >= 0.3 is 12.1 Å². The summed E-state index contributed by atoms with van der Waals surface area (Å²) in [5, 5.41) is 0. The fraction of sp³-hybridized carbons (Fsp3) is 0.826. The van der Waals surface area contributed by atoms with Gasteiger partial charge in [-0.3, -0.25) is 14.5 Å². The van der Waals surface area contributed by atoms with Gasteiger partial charge < -0.3 is 19.3 Å². The van der Waals surface area contributed by atoms with Crippen LogP contribution in [-0.2, 0) is 23.9 Å². The highest BCUT2D eigenvalue weighted by atomic mass is 16.6. The molecule has 0 aromatic heterocycles. The van der Waals surface area contributed by atoms with Crippen LogP contribution < -0.4 is 0 Å². The molecule has 0 aromatic carbocycles. The maximum Gasteiger partial charge on any atom is 0.410 e. The summed E-state index contributed by atoms with van der Waals surface area (Å²) < 4.78 is 10.6. The second kappa shape index (κ2) is 7.92. The van der Waals surface area contributed by atoms with Gasteiger partial charge in [0.2, 0.25) is 11.8 Å². The van der Waals surface area contributed by atoms with Crippen LogP contribution in [-0.4, -0.2) is 88.0 Å². The third-order valence-corrected chi connectivity index (χ3v) is 7.57. The number of carbonyl (C=O) groups is 4. The molecule has 3 amide bonds. The number of likely N-dealkylation sites (tertiary alicyclic amines) is 2. The molecular weight excluding hydrogens is 414 g/mol. The van der Waals surface area contributed by atoms with Crippen molar-refractivity contribution in [2.75, 3.05) is 26.7 Å². The van der Waals surface area contributed by atoms with E-state index in [0.717, 1.165) is 19.3 Å². The lowest BCUT2D eigenvalue weighted by Crippen LogP contribution is -2.69. The van der Waals surface area contributed by atoms with Crippen LogP contribution in [0.15, 0.2) is 0 Å². The summed E-state index contributed by atoms with van der Waals surface area (Å²) >= 11 is 0. The molecule has 0 aliphatic carbocycles. The summed E-state index contributed by atoms with van der Waals surface area (Å²) in [6.07, 6.45) is 4.42. The van der Waals surface area contributed by atoms with Crippen molar-refractivity contribution in [3.05, 3.63) is 0 Å². The van der Waals surface area contributed by atoms with E-state index in [1.807, 2.05) is 0 Å². The largest absolute Gasteiger partial charge is 0.467 e. The van der Waals surface area contributed by atoms with Crippen molar-refractivity contribution < 1.29 is 28.7 Å². The Morgan fingerprint density at radius 3 is 2.38 bits per heavy atom. The number of fused-ring (bicyclic) bond motifs is 1. The molecule has 0 bridgehead atoms. The van der Waals surface area contributed by atoms with E-state index >= 15 is 0 Å². The number of hydrogen-bond acceptors (Lipinski definition) is 6. The van der Waals surface area contributed by atoms with Crippen LogP contribution in [0, 0.1) is 0 Å². The Kier molecular flexibility index (Phi) is 5.66. The summed E-state index contributed by atoms with van der Waals surface area (Å²) in [5.74, 6) is -0.677. The molecule has 4 saturated heterocycles. The van der Waals surface area contributed by atoms with E-state index in [-0.39, 0.29) is 17.8 Å². The number of nitrogens with zero attached hydrogens (tertiary/aromatic N) is 3. The van der Waals surface area contributed by atoms with E-state index < -0.39 is 28.8 Å². The van der Waals surface area contributed by atoms with Crippen LogP contribution in [0.5, 0.6) is 0 Å². The fourth-order valence-corrected chi connectivity index (χ4v) is 6.13. The van der Waals surface area contributed by atoms with E-state index in [0.29, 0.717) is 51.7 Å². The Labute approximate surface area is 189 Å². The molecule has 32 heavy (non-hydrogen) atoms. The number of methoxy groups -OCH3 is 1. The number of amides is 3. The van der Waals surface area contributed by atoms with Crippen LogP contribution in [0.25, 0.3) is 0 Å². The predicted molar refractivity (Wildman–Crippen MR) is 115 cm³/mol. The smallest absolute Gasteiger partial charge is 0.410 e. The quantitative estimate of drug-likeness (QED) is 0.599. The highest BCUT2D eigenvalue weighted by molar-refractivity contribution is 5.99. The first-order valence-electron chi connectivity index (χ1n) is 11.8. The zero-order chi connectivity index (χ0) is 23.3. The Morgan fingerprint density at radius 1 is 0.969 bits per heavy atom. The summed E-state index contributed by atoms with van der Waals surface area (Å²) in [6.45, 7) is 6.87. The standard InChI is InChI=1S/C23H35N3O6/c1-21(2,3)32-20(30)24-13-5-8-16(24)17(27)25-14-6-9-22(25)11-12-23(19(29)31-4)10-7-15-26(23)18(22)28/h16H,5-15H2,1-4H3/t16-,22+,23+/m0/s1. The van der Waals surface area contributed by atoms with Gasteiger partial charge in [0.25, 0.3) is 0 Å². The lowest BCUT2D eigenvalue weighted by atomic mass is 9.76. The normalized spacial score (nSPS) is 32.4. The van der Waals surface area contributed by atoms with Gasteiger partial charge in [-0.2, -0.15) is 0 Å². The van der Waals surface area contributed by atoms with Gasteiger partial charge in [-0.25, -0.2) is 9.59 Å². The van der Waals surface area contributed by atoms with E-state index in [2.05, 4.69) is 0 Å². The minimum atomic E-state index is -0.929. The number of piperidine rings is 1. The molecule has 3 atom stereocenters. The van der Waals surface area contributed by atoms with Crippen molar-refractivity contribution in [2.24, 2.45) is 0 Å². The summed E-state index contributed by atoms with van der Waals surface area (Å²) in [6, 6.07) is -0.613. The fourth-order valence-electron chi connectivity index (χ4n) is 6.13. The summed E-state index contributed by atoms with van der Waals surface area (Å²) in [4.78, 5) is 57.8. The molecule has 4 rings (SSSR count). The number of ether oxygens (including phenoxy) is 2. The molecule has 9 nitrogen and oxygen atoms in total. The summed E-state index contributed by atoms with van der Waals surface area (Å²) in [5.41, 5.74) is -2.47. The number of rotatable bonds is 2. The molecular formula is C23H35N3O6. The first-order valence-corrected chi connectivity index (χ1v) is 11.8. The van der Waals surface area contributed by atoms with Crippen molar-refractivity contribution in [1.82, 2.24) is 14.7 Å². The van der Waals surface area contributed by atoms with Crippen LogP contribution in [0.3, 0.4) is 0 Å². The van der Waals surface area contributed by atoms with Crippen LogP contribution in [0.2, 0.25) is 0 Å². The molecule has 1 spiro atoms. The molecule has 0 saturated carbocycles. The van der Waals surface area contributed by atoms with Crippen molar-refractivity contribution in [3.8, 4) is 0 Å². The highest BCUT2D eigenvalue weighted by Crippen LogP contribution is 2.48. The molecule has 0 unspecified atom stereocenters. The first kappa shape index (κ1) is 22.9. The van der Waals surface area contributed by atoms with Gasteiger partial charge in [0, 0.05) is 19.6 Å². The van der Waals surface area contributed by atoms with Crippen molar-refractivity contribution in [1.29, 1.82) is 0 Å². The summed E-state index contributed by atoms with van der Waals surface area (Å²) in [7, 11) is 1.36. The zero-order valence-corrected chi connectivity index (χ0v) is 19.6. The van der Waals surface area contributed by atoms with Gasteiger partial charge in [-0.05, 0) is 72.1 Å². The maximum absolute atomic E-state index is 13.8. The van der Waals surface area contributed by atoms with Crippen molar-refractivity contribution in [2.45, 2.75) is 94.9 Å². The molecule has 4 aliphatic rings. The molecule has 178 valence electrons. The predicted octanol–water partition coefficient (Wildman–Crippen LogP) is 2.08. The topological polar surface area (TPSA) is 96.5 Å². The lowest BCUT2D eigenvalue weighted by molar-refractivity contribution is -0.173. The monoisotopic (exact) mass is 449 g/mol. The molecule has 4 fully saturated rings. The van der Waals surface area contributed by atoms with Crippen LogP contribution in [0.4, 0.5) is 4.79 Å². The number of carbonyl (C=O) groups excluding carboxylic acids is 4. The van der Waals surface area contributed by atoms with Gasteiger partial charge in [0.05, 0.1) is 7.11 Å². The third kappa shape index (κ3) is 3.44. The Hall–Kier alpha value is -2.32. The molecule has 0 N–H and O–H groups in total. The van der Waals surface area contributed by atoms with E-state index in [1.165, 1.54) is 12.0 Å². The number of hydrogen-bond donors (Lipinski definition) is 0. The van der Waals surface area contributed by atoms with Gasteiger partial charge in [-0.15, -0.1) is 0 Å². The van der Waals surface area contributed by atoms with Gasteiger partial charge in [0.15, 0.2) is 0 Å². The minimum Gasteiger partial charge on any atom is -0.467 e. The third-order valence-electron chi connectivity index (χ3n) is 7.57. The lowest BCUT2D eigenvalue weighted by Gasteiger charge is -2.50. The van der Waals surface area contributed by atoms with Gasteiger partial charge in [0.1, 0.15) is 22.7 Å². The Bertz CT molecular complexity index is 823. The van der Waals surface area contributed by atoms with Crippen molar-refractivity contribution >= 4 is 23.9 Å². The van der Waals surface area contributed by atoms with E-state index in [9.17, 15) is 19.2 Å². The molecule has 4 aliphatic heterocycles. The second-order valence-electron chi connectivity index (χ2n) is 10.5. The highest BCUT2D eigenvalue weighted by Gasteiger charge is 2.63. The Balaban J connectivity index is 1.57. The van der Waals surface area contributed by atoms with Crippen molar-refractivity contribution in [3.63, 3.8) is 0 Å². The molecule has 0 radical (unpaired) electrons. The molecule has 0 aromatic rings. The molecule has 4 heterocycles. The average Bonchev–Trinajstić information content (AvgIpc) is 3.47. The Morgan fingerprint density at radius 2 is 1.69 bits per heavy atom. The maximum atomic E-state index is 13.8. The molecule has 9 heteroatoms. The minimum absolute atomic E-state index is 0.140. The first-order chi connectivity index (χ1) is 15.1. The second-order valence-corrected chi connectivity index (χ2v) is 10.5.